The maximum absolute atomic E-state index is 11.9. The molecule has 1 N–H and O–H groups in total. The molecule has 0 aliphatic heterocycles. The summed E-state index contributed by atoms with van der Waals surface area (Å²) in [6.07, 6.45) is 4.19. The monoisotopic (exact) mass is 272 g/mol. The van der Waals surface area contributed by atoms with Crippen molar-refractivity contribution >= 4 is 11.6 Å². The topological polar surface area (TPSA) is 59.8 Å². The van der Waals surface area contributed by atoms with Gasteiger partial charge in [0.1, 0.15) is 12.7 Å². The molecule has 0 unspecified atom stereocenters. The molecule has 0 saturated heterocycles. The van der Waals surface area contributed by atoms with E-state index in [9.17, 15) is 4.79 Å². The minimum atomic E-state index is -0.0309. The van der Waals surface area contributed by atoms with E-state index in [2.05, 4.69) is 28.5 Å². The second-order valence-corrected chi connectivity index (χ2v) is 5.16. The number of hydrogen-bond donors (Lipinski definition) is 1. The second kappa shape index (κ2) is 5.86. The lowest BCUT2D eigenvalue weighted by Gasteiger charge is -2.16. The number of anilines is 1. The molecule has 0 spiro atoms. The lowest BCUT2D eigenvalue weighted by molar-refractivity contribution is -0.118. The van der Waals surface area contributed by atoms with Crippen LogP contribution in [0.4, 0.5) is 5.69 Å². The normalized spacial score (nSPS) is 10.8. The summed E-state index contributed by atoms with van der Waals surface area (Å²) in [5.41, 5.74) is 4.08. The highest BCUT2D eigenvalue weighted by Crippen LogP contribution is 2.25. The number of nitrogens with one attached hydrogen (secondary N) is 1. The zero-order valence-electron chi connectivity index (χ0n) is 12.3. The van der Waals surface area contributed by atoms with E-state index in [-0.39, 0.29) is 11.8 Å². The van der Waals surface area contributed by atoms with Gasteiger partial charge in [-0.2, -0.15) is 0 Å². The highest BCUT2D eigenvalue weighted by Gasteiger charge is 2.13. The first-order valence-corrected chi connectivity index (χ1v) is 6.82. The maximum atomic E-state index is 11.9. The quantitative estimate of drug-likeness (QED) is 0.931. The van der Waals surface area contributed by atoms with Crippen LogP contribution < -0.4 is 5.32 Å². The molecule has 1 amide bonds. The van der Waals surface area contributed by atoms with Crippen molar-refractivity contribution in [2.45, 2.75) is 34.1 Å². The van der Waals surface area contributed by atoms with Gasteiger partial charge in [-0.05, 0) is 36.6 Å². The van der Waals surface area contributed by atoms with E-state index in [1.807, 2.05) is 31.4 Å². The molecule has 1 aromatic heterocycles. The summed E-state index contributed by atoms with van der Waals surface area (Å²) in [5.74, 6) is 0.0106. The van der Waals surface area contributed by atoms with Crippen LogP contribution in [0.5, 0.6) is 0 Å². The van der Waals surface area contributed by atoms with Crippen LogP contribution in [0.3, 0.4) is 0 Å². The van der Waals surface area contributed by atoms with E-state index in [4.69, 9.17) is 0 Å². The van der Waals surface area contributed by atoms with E-state index >= 15 is 0 Å². The number of aryl methyl sites for hydroxylation is 2. The van der Waals surface area contributed by atoms with Crippen molar-refractivity contribution in [2.24, 2.45) is 5.92 Å². The van der Waals surface area contributed by atoms with Crippen molar-refractivity contribution in [3.63, 3.8) is 0 Å². The Hall–Kier alpha value is -2.17. The first-order chi connectivity index (χ1) is 9.52. The van der Waals surface area contributed by atoms with Gasteiger partial charge in [0.2, 0.25) is 5.91 Å². The van der Waals surface area contributed by atoms with Gasteiger partial charge in [-0.25, -0.2) is 0 Å². The van der Waals surface area contributed by atoms with Gasteiger partial charge in [0.25, 0.3) is 0 Å². The third-order valence-corrected chi connectivity index (χ3v) is 3.27. The average Bonchev–Trinajstić information content (AvgIpc) is 2.94. The molecule has 1 aromatic carbocycles. The highest BCUT2D eigenvalue weighted by molar-refractivity contribution is 5.93. The van der Waals surface area contributed by atoms with Gasteiger partial charge in [-0.1, -0.05) is 20.8 Å². The maximum Gasteiger partial charge on any atom is 0.226 e. The predicted molar refractivity (Wildman–Crippen MR) is 78.9 cm³/mol. The van der Waals surface area contributed by atoms with E-state index < -0.39 is 0 Å². The van der Waals surface area contributed by atoms with Gasteiger partial charge in [-0.3, -0.25) is 9.36 Å². The Morgan fingerprint density at radius 3 is 2.50 bits per heavy atom. The van der Waals surface area contributed by atoms with Gasteiger partial charge in [0.15, 0.2) is 0 Å². The molecular formula is C15H20N4O. The molecule has 0 bridgehead atoms. The van der Waals surface area contributed by atoms with Crippen molar-refractivity contribution in [3.05, 3.63) is 35.9 Å². The summed E-state index contributed by atoms with van der Waals surface area (Å²) in [4.78, 5) is 11.9. The largest absolute Gasteiger partial charge is 0.325 e. The number of rotatable bonds is 4. The lowest BCUT2D eigenvalue weighted by atomic mass is 10.0. The minimum absolute atomic E-state index is 0.0309. The van der Waals surface area contributed by atoms with Crippen molar-refractivity contribution < 1.29 is 4.79 Å². The van der Waals surface area contributed by atoms with Gasteiger partial charge >= 0.3 is 0 Å². The van der Waals surface area contributed by atoms with E-state index in [1.54, 1.807) is 12.7 Å². The Labute approximate surface area is 119 Å². The first-order valence-electron chi connectivity index (χ1n) is 6.82. The molecule has 0 aliphatic carbocycles. The Kier molecular flexibility index (Phi) is 4.17. The van der Waals surface area contributed by atoms with E-state index in [1.165, 1.54) is 0 Å². The van der Waals surface area contributed by atoms with Crippen LogP contribution in [0.25, 0.3) is 5.69 Å². The molecule has 1 heterocycles. The number of nitrogens with zero attached hydrogens (tertiary/aromatic N) is 3. The summed E-state index contributed by atoms with van der Waals surface area (Å²) in [7, 11) is 0. The molecule has 5 heteroatoms. The first kappa shape index (κ1) is 14.2. The molecule has 2 rings (SSSR count). The second-order valence-electron chi connectivity index (χ2n) is 5.16. The van der Waals surface area contributed by atoms with Crippen LogP contribution in [0, 0.1) is 12.8 Å². The highest BCUT2D eigenvalue weighted by atomic mass is 16.1. The molecule has 0 fully saturated rings. The van der Waals surface area contributed by atoms with Crippen molar-refractivity contribution in [1.29, 1.82) is 0 Å². The standard InChI is InChI=1S/C15H20N4O/c1-5-12-7-13(19-8-16-17-9-19)6-11(4)14(12)18-15(20)10(2)3/h6-10H,5H2,1-4H3,(H,18,20). The number of hydrogen-bond acceptors (Lipinski definition) is 3. The van der Waals surface area contributed by atoms with Crippen LogP contribution in [-0.4, -0.2) is 20.7 Å². The number of benzene rings is 1. The van der Waals surface area contributed by atoms with Gasteiger partial charge < -0.3 is 5.32 Å². The number of amides is 1. The van der Waals surface area contributed by atoms with Crippen molar-refractivity contribution in [2.75, 3.05) is 5.32 Å². The van der Waals surface area contributed by atoms with Gasteiger partial charge in [0.05, 0.1) is 0 Å². The molecule has 5 nitrogen and oxygen atoms in total. The van der Waals surface area contributed by atoms with E-state index in [0.717, 1.165) is 28.9 Å². The minimum Gasteiger partial charge on any atom is -0.325 e. The smallest absolute Gasteiger partial charge is 0.226 e. The average molecular weight is 272 g/mol. The van der Waals surface area contributed by atoms with Crippen LogP contribution in [0.15, 0.2) is 24.8 Å². The predicted octanol–water partition coefficient (Wildman–Crippen LogP) is 2.73. The summed E-state index contributed by atoms with van der Waals surface area (Å²) >= 11 is 0. The van der Waals surface area contributed by atoms with Crippen molar-refractivity contribution in [1.82, 2.24) is 14.8 Å². The molecular weight excluding hydrogens is 252 g/mol. The lowest BCUT2D eigenvalue weighted by Crippen LogP contribution is -2.19. The number of carbonyl (C=O) groups is 1. The third-order valence-electron chi connectivity index (χ3n) is 3.27. The molecule has 0 atom stereocenters. The van der Waals surface area contributed by atoms with Crippen molar-refractivity contribution in [3.8, 4) is 5.69 Å². The van der Waals surface area contributed by atoms with Crippen LogP contribution in [0.2, 0.25) is 0 Å². The molecule has 20 heavy (non-hydrogen) atoms. The Morgan fingerprint density at radius 2 is 1.95 bits per heavy atom. The zero-order valence-corrected chi connectivity index (χ0v) is 12.3. The number of aromatic nitrogens is 3. The van der Waals surface area contributed by atoms with Gasteiger partial charge in [0, 0.05) is 17.3 Å². The van der Waals surface area contributed by atoms with Crippen LogP contribution in [0.1, 0.15) is 31.9 Å². The SMILES string of the molecule is CCc1cc(-n2cnnc2)cc(C)c1NC(=O)C(C)C. The Morgan fingerprint density at radius 1 is 1.30 bits per heavy atom. The fourth-order valence-corrected chi connectivity index (χ4v) is 2.05. The Balaban J connectivity index is 2.41. The number of carbonyl (C=O) groups excluding carboxylic acids is 1. The van der Waals surface area contributed by atoms with E-state index in [0.29, 0.717) is 0 Å². The summed E-state index contributed by atoms with van der Waals surface area (Å²) in [6, 6.07) is 4.09. The Bertz CT molecular complexity index is 603. The molecule has 0 aliphatic rings. The molecule has 2 aromatic rings. The zero-order chi connectivity index (χ0) is 14.7. The van der Waals surface area contributed by atoms with Gasteiger partial charge in [-0.15, -0.1) is 10.2 Å². The summed E-state index contributed by atoms with van der Waals surface area (Å²) in [6.45, 7) is 7.86. The summed E-state index contributed by atoms with van der Waals surface area (Å²) in [5, 5.41) is 10.7. The third kappa shape index (κ3) is 2.87. The molecule has 0 saturated carbocycles. The fourth-order valence-electron chi connectivity index (χ4n) is 2.05. The summed E-state index contributed by atoms with van der Waals surface area (Å²) < 4.78 is 1.86. The van der Waals surface area contributed by atoms with Crippen LogP contribution in [-0.2, 0) is 11.2 Å². The molecule has 0 radical (unpaired) electrons. The van der Waals surface area contributed by atoms with Crippen LogP contribution >= 0.6 is 0 Å². The molecule has 106 valence electrons. The fraction of sp³-hybridized carbons (Fsp3) is 0.400.